The fourth-order valence-electron chi connectivity index (χ4n) is 4.45. The van der Waals surface area contributed by atoms with E-state index in [1.165, 1.54) is 6.42 Å². The Morgan fingerprint density at radius 2 is 1.88 bits per heavy atom. The molecule has 0 spiro atoms. The number of nitrogens with two attached hydrogens (primary N) is 1. The van der Waals surface area contributed by atoms with Crippen LogP contribution in [0.1, 0.15) is 54.9 Å². The van der Waals surface area contributed by atoms with E-state index in [2.05, 4.69) is 10.6 Å². The maximum atomic E-state index is 12.7. The van der Waals surface area contributed by atoms with E-state index in [1.54, 1.807) is 6.07 Å². The fourth-order valence-corrected chi connectivity index (χ4v) is 4.45. The van der Waals surface area contributed by atoms with Gasteiger partial charge in [-0.3, -0.25) is 9.59 Å². The van der Waals surface area contributed by atoms with E-state index in [-0.39, 0.29) is 23.8 Å². The zero-order valence-electron chi connectivity index (χ0n) is 15.2. The molecule has 5 nitrogen and oxygen atoms in total. The van der Waals surface area contributed by atoms with Crippen molar-refractivity contribution in [1.29, 1.82) is 0 Å². The molecule has 0 aliphatic heterocycles. The van der Waals surface area contributed by atoms with E-state index in [0.717, 1.165) is 36.9 Å². The van der Waals surface area contributed by atoms with E-state index >= 15 is 0 Å². The summed E-state index contributed by atoms with van der Waals surface area (Å²) < 4.78 is 0. The maximum absolute atomic E-state index is 12.7. The van der Waals surface area contributed by atoms with Gasteiger partial charge in [0.15, 0.2) is 0 Å². The summed E-state index contributed by atoms with van der Waals surface area (Å²) in [7, 11) is 0. The van der Waals surface area contributed by atoms with Crippen molar-refractivity contribution in [2.75, 3.05) is 11.9 Å². The Labute approximate surface area is 149 Å². The monoisotopic (exact) mass is 343 g/mol. The number of amides is 2. The van der Waals surface area contributed by atoms with Crippen molar-refractivity contribution in [2.45, 2.75) is 52.0 Å². The molecule has 4 N–H and O–H groups in total. The maximum Gasteiger partial charge on any atom is 0.251 e. The molecule has 5 heteroatoms. The lowest BCUT2D eigenvalue weighted by Gasteiger charge is -2.43. The molecule has 1 aromatic carbocycles. The molecular formula is C20H29N3O2. The number of carbonyl (C=O) groups excluding carboxylic acids is 2. The quantitative estimate of drug-likeness (QED) is 0.786. The molecule has 136 valence electrons. The minimum absolute atomic E-state index is 0.0533. The highest BCUT2D eigenvalue weighted by molar-refractivity contribution is 5.97. The smallest absolute Gasteiger partial charge is 0.251 e. The lowest BCUT2D eigenvalue weighted by Crippen LogP contribution is -2.48. The molecule has 2 atom stereocenters. The first-order valence-electron chi connectivity index (χ1n) is 9.45. The molecule has 25 heavy (non-hydrogen) atoms. The van der Waals surface area contributed by atoms with Crippen molar-refractivity contribution in [2.24, 2.45) is 23.5 Å². The van der Waals surface area contributed by atoms with Gasteiger partial charge in [0.1, 0.15) is 0 Å². The van der Waals surface area contributed by atoms with Gasteiger partial charge in [0, 0.05) is 29.8 Å². The van der Waals surface area contributed by atoms with Crippen LogP contribution in [0.15, 0.2) is 18.2 Å². The fraction of sp³-hybridized carbons (Fsp3) is 0.600. The highest BCUT2D eigenvalue weighted by atomic mass is 16.2. The van der Waals surface area contributed by atoms with Gasteiger partial charge < -0.3 is 16.4 Å². The van der Waals surface area contributed by atoms with Crippen LogP contribution in [0.5, 0.6) is 0 Å². The van der Waals surface area contributed by atoms with Gasteiger partial charge in [-0.2, -0.15) is 0 Å². The van der Waals surface area contributed by atoms with Gasteiger partial charge in [-0.1, -0.05) is 6.42 Å². The van der Waals surface area contributed by atoms with Gasteiger partial charge in [-0.25, -0.2) is 0 Å². The first-order chi connectivity index (χ1) is 12.0. The van der Waals surface area contributed by atoms with Crippen molar-refractivity contribution in [3.63, 3.8) is 0 Å². The summed E-state index contributed by atoms with van der Waals surface area (Å²) in [5, 5.41) is 5.86. The van der Waals surface area contributed by atoms with Gasteiger partial charge in [-0.05, 0) is 75.1 Å². The number of carbonyl (C=O) groups is 2. The number of benzene rings is 1. The third-order valence-corrected chi connectivity index (χ3v) is 5.87. The summed E-state index contributed by atoms with van der Waals surface area (Å²) in [5.74, 6) is 1.04. The molecule has 2 unspecified atom stereocenters. The van der Waals surface area contributed by atoms with Crippen LogP contribution in [0.2, 0.25) is 0 Å². The number of hydrogen-bond donors (Lipinski definition) is 3. The summed E-state index contributed by atoms with van der Waals surface area (Å²) in [6, 6.07) is 5.69. The topological polar surface area (TPSA) is 84.2 Å². The zero-order valence-corrected chi connectivity index (χ0v) is 15.2. The second kappa shape index (κ2) is 7.56. The number of rotatable bonds is 4. The van der Waals surface area contributed by atoms with E-state index in [1.807, 2.05) is 26.0 Å². The molecule has 0 radical (unpaired) electrons. The first-order valence-corrected chi connectivity index (χ1v) is 9.45. The van der Waals surface area contributed by atoms with Crippen LogP contribution in [0.3, 0.4) is 0 Å². The zero-order chi connectivity index (χ0) is 18.0. The molecule has 0 heterocycles. The predicted octanol–water partition coefficient (Wildman–Crippen LogP) is 2.84. The van der Waals surface area contributed by atoms with Crippen LogP contribution in [0, 0.1) is 24.7 Å². The van der Waals surface area contributed by atoms with Gasteiger partial charge >= 0.3 is 0 Å². The van der Waals surface area contributed by atoms with Crippen molar-refractivity contribution >= 4 is 17.5 Å². The molecular weight excluding hydrogens is 314 g/mol. The molecule has 3 rings (SSSR count). The summed E-state index contributed by atoms with van der Waals surface area (Å²) in [6.07, 6.45) is 5.36. The van der Waals surface area contributed by atoms with Crippen LogP contribution in [0.4, 0.5) is 5.69 Å². The average molecular weight is 343 g/mol. The average Bonchev–Trinajstić information content (AvgIpc) is 2.56. The van der Waals surface area contributed by atoms with Crippen LogP contribution in [-0.2, 0) is 4.79 Å². The Morgan fingerprint density at radius 3 is 2.48 bits per heavy atom. The lowest BCUT2D eigenvalue weighted by molar-refractivity contribution is -0.122. The summed E-state index contributed by atoms with van der Waals surface area (Å²) in [5.41, 5.74) is 8.64. The Balaban J connectivity index is 1.66. The van der Waals surface area contributed by atoms with E-state index in [0.29, 0.717) is 23.9 Å². The van der Waals surface area contributed by atoms with Crippen LogP contribution >= 0.6 is 0 Å². The first kappa shape index (κ1) is 17.9. The Hall–Kier alpha value is -1.88. The molecule has 2 bridgehead atoms. The molecule has 2 aliphatic carbocycles. The van der Waals surface area contributed by atoms with Crippen molar-refractivity contribution < 1.29 is 9.59 Å². The standard InChI is InChI=1S/C20H29N3O2/c1-3-22-19(24)15-7-8-17(12(2)9-15)23-20(25)16-10-13-5-4-6-14(11-16)18(13)21/h7-9,13-14,16,18H,3-6,10-11,21H2,1-2H3,(H,22,24)(H,23,25). The van der Waals surface area contributed by atoms with E-state index in [9.17, 15) is 9.59 Å². The number of nitrogens with one attached hydrogen (secondary N) is 2. The van der Waals surface area contributed by atoms with Gasteiger partial charge in [0.25, 0.3) is 5.91 Å². The molecule has 2 saturated carbocycles. The second-order valence-electron chi connectivity index (χ2n) is 7.58. The SMILES string of the molecule is CCNC(=O)c1ccc(NC(=O)C2CC3CCCC(C2)C3N)c(C)c1. The molecule has 0 aromatic heterocycles. The summed E-state index contributed by atoms with van der Waals surface area (Å²) in [4.78, 5) is 24.7. The summed E-state index contributed by atoms with van der Waals surface area (Å²) in [6.45, 7) is 4.41. The number of anilines is 1. The number of aryl methyl sites for hydroxylation is 1. The minimum atomic E-state index is -0.0856. The van der Waals surface area contributed by atoms with Crippen LogP contribution in [0.25, 0.3) is 0 Å². The number of hydrogen-bond acceptors (Lipinski definition) is 3. The van der Waals surface area contributed by atoms with Gasteiger partial charge in [0.2, 0.25) is 5.91 Å². The largest absolute Gasteiger partial charge is 0.352 e. The van der Waals surface area contributed by atoms with Gasteiger partial charge in [0.05, 0.1) is 0 Å². The lowest BCUT2D eigenvalue weighted by atomic mass is 9.65. The highest BCUT2D eigenvalue weighted by Crippen LogP contribution is 2.42. The van der Waals surface area contributed by atoms with Crippen LogP contribution in [-0.4, -0.2) is 24.4 Å². The predicted molar refractivity (Wildman–Crippen MR) is 99.3 cm³/mol. The minimum Gasteiger partial charge on any atom is -0.352 e. The molecule has 1 aromatic rings. The third-order valence-electron chi connectivity index (χ3n) is 5.87. The normalized spacial score (nSPS) is 28.3. The second-order valence-corrected chi connectivity index (χ2v) is 7.58. The van der Waals surface area contributed by atoms with Crippen molar-refractivity contribution in [3.8, 4) is 0 Å². The van der Waals surface area contributed by atoms with Crippen molar-refractivity contribution in [3.05, 3.63) is 29.3 Å². The Morgan fingerprint density at radius 1 is 1.20 bits per heavy atom. The number of fused-ring (bicyclic) bond motifs is 2. The van der Waals surface area contributed by atoms with E-state index in [4.69, 9.17) is 5.73 Å². The Kier molecular flexibility index (Phi) is 5.42. The molecule has 0 saturated heterocycles. The molecule has 2 amide bonds. The summed E-state index contributed by atoms with van der Waals surface area (Å²) >= 11 is 0. The molecule has 2 aliphatic rings. The van der Waals surface area contributed by atoms with Crippen LogP contribution < -0.4 is 16.4 Å². The highest BCUT2D eigenvalue weighted by Gasteiger charge is 2.40. The molecule has 2 fully saturated rings. The third kappa shape index (κ3) is 3.87. The van der Waals surface area contributed by atoms with Crippen molar-refractivity contribution in [1.82, 2.24) is 5.32 Å². The Bertz CT molecular complexity index is 644. The van der Waals surface area contributed by atoms with E-state index < -0.39 is 0 Å². The van der Waals surface area contributed by atoms with Gasteiger partial charge in [-0.15, -0.1) is 0 Å².